The molecule has 0 saturated carbocycles. The maximum absolute atomic E-state index is 12.6. The Morgan fingerprint density at radius 1 is 1.19 bits per heavy atom. The third-order valence-corrected chi connectivity index (χ3v) is 3.90. The number of benzene rings is 2. The molecule has 0 radical (unpaired) electrons. The molecule has 0 aliphatic rings. The summed E-state index contributed by atoms with van der Waals surface area (Å²) in [4.78, 5) is 29.1. The van der Waals surface area contributed by atoms with E-state index in [2.05, 4.69) is 4.98 Å². The van der Waals surface area contributed by atoms with Gasteiger partial charge in [-0.05, 0) is 31.2 Å². The average molecular weight is 363 g/mol. The standard InChI is InChI=1S/C20H17N3O4/c1-14(27-15-7-3-2-4-8-15)20(25)26-13-18-22-17-10-6-5-9-16(17)19(24)23(18)12-11-21/h2-10,14H,12-13H2,1H3/t14-/m0/s1. The summed E-state index contributed by atoms with van der Waals surface area (Å²) in [5.41, 5.74) is 0.137. The lowest BCUT2D eigenvalue weighted by atomic mass is 10.2. The zero-order valence-electron chi connectivity index (χ0n) is 14.7. The Morgan fingerprint density at radius 2 is 1.89 bits per heavy atom. The fourth-order valence-corrected chi connectivity index (χ4v) is 2.56. The molecule has 3 rings (SSSR count). The predicted molar refractivity (Wildman–Crippen MR) is 97.9 cm³/mol. The number of fused-ring (bicyclic) bond motifs is 1. The number of nitriles is 1. The van der Waals surface area contributed by atoms with E-state index in [9.17, 15) is 9.59 Å². The van der Waals surface area contributed by atoms with Gasteiger partial charge < -0.3 is 9.47 Å². The van der Waals surface area contributed by atoms with Gasteiger partial charge in [0.2, 0.25) is 0 Å². The van der Waals surface area contributed by atoms with Crippen molar-refractivity contribution in [3.8, 4) is 11.8 Å². The Kier molecular flexibility index (Phi) is 5.47. The van der Waals surface area contributed by atoms with Gasteiger partial charge in [-0.15, -0.1) is 0 Å². The Bertz CT molecular complexity index is 1050. The smallest absolute Gasteiger partial charge is 0.347 e. The van der Waals surface area contributed by atoms with Gasteiger partial charge >= 0.3 is 5.97 Å². The number of hydrogen-bond acceptors (Lipinski definition) is 6. The first-order valence-electron chi connectivity index (χ1n) is 8.34. The lowest BCUT2D eigenvalue weighted by Gasteiger charge is -2.15. The molecule has 0 aliphatic heterocycles. The van der Waals surface area contributed by atoms with E-state index in [4.69, 9.17) is 14.7 Å². The van der Waals surface area contributed by atoms with Crippen LogP contribution in [-0.2, 0) is 22.7 Å². The Labute approximate surface area is 155 Å². The first-order valence-corrected chi connectivity index (χ1v) is 8.34. The molecule has 0 fully saturated rings. The summed E-state index contributed by atoms with van der Waals surface area (Å²) in [6.45, 7) is 1.16. The van der Waals surface area contributed by atoms with E-state index in [1.807, 2.05) is 12.1 Å². The number of aromatic nitrogens is 2. The third kappa shape index (κ3) is 4.12. The first-order chi connectivity index (χ1) is 13.1. The van der Waals surface area contributed by atoms with Crippen LogP contribution in [-0.4, -0.2) is 21.6 Å². The number of carbonyl (C=O) groups is 1. The topological polar surface area (TPSA) is 94.2 Å². The normalized spacial score (nSPS) is 11.6. The maximum Gasteiger partial charge on any atom is 0.347 e. The Balaban J connectivity index is 1.78. The fraction of sp³-hybridized carbons (Fsp3) is 0.200. The van der Waals surface area contributed by atoms with Crippen molar-refractivity contribution in [1.82, 2.24) is 9.55 Å². The van der Waals surface area contributed by atoms with Gasteiger partial charge in [-0.1, -0.05) is 30.3 Å². The highest BCUT2D eigenvalue weighted by Gasteiger charge is 2.18. The summed E-state index contributed by atoms with van der Waals surface area (Å²) < 4.78 is 12.0. The number of carbonyl (C=O) groups excluding carboxylic acids is 1. The zero-order chi connectivity index (χ0) is 19.2. The number of esters is 1. The molecule has 7 heteroatoms. The van der Waals surface area contributed by atoms with Crippen LogP contribution in [0.3, 0.4) is 0 Å². The van der Waals surface area contributed by atoms with Crippen molar-refractivity contribution >= 4 is 16.9 Å². The predicted octanol–water partition coefficient (Wildman–Crippen LogP) is 2.43. The highest BCUT2D eigenvalue weighted by atomic mass is 16.6. The fourth-order valence-electron chi connectivity index (χ4n) is 2.56. The van der Waals surface area contributed by atoms with Gasteiger partial charge in [0, 0.05) is 0 Å². The van der Waals surface area contributed by atoms with Crippen molar-refractivity contribution in [3.63, 3.8) is 0 Å². The number of ether oxygens (including phenoxy) is 2. The van der Waals surface area contributed by atoms with Crippen LogP contribution in [0.25, 0.3) is 10.9 Å². The second-order valence-electron chi connectivity index (χ2n) is 5.78. The first kappa shape index (κ1) is 18.1. The Hall–Kier alpha value is -3.66. The van der Waals surface area contributed by atoms with E-state index >= 15 is 0 Å². The number of nitrogens with zero attached hydrogens (tertiary/aromatic N) is 3. The van der Waals surface area contributed by atoms with Crippen LogP contribution in [0, 0.1) is 11.3 Å². The molecule has 1 atom stereocenters. The molecule has 2 aromatic carbocycles. The summed E-state index contributed by atoms with van der Waals surface area (Å²) in [6.07, 6.45) is -0.830. The molecule has 7 nitrogen and oxygen atoms in total. The molecule has 0 amide bonds. The van der Waals surface area contributed by atoms with Crippen LogP contribution in [0.4, 0.5) is 0 Å². The van der Waals surface area contributed by atoms with Crippen molar-refractivity contribution < 1.29 is 14.3 Å². The number of rotatable bonds is 6. The molecular weight excluding hydrogens is 346 g/mol. The van der Waals surface area contributed by atoms with Crippen LogP contribution < -0.4 is 10.3 Å². The van der Waals surface area contributed by atoms with Crippen molar-refractivity contribution in [3.05, 3.63) is 70.8 Å². The van der Waals surface area contributed by atoms with Gasteiger partial charge in [-0.2, -0.15) is 5.26 Å². The molecule has 1 aromatic heterocycles. The maximum atomic E-state index is 12.6. The molecule has 0 spiro atoms. The largest absolute Gasteiger partial charge is 0.479 e. The van der Waals surface area contributed by atoms with Gasteiger partial charge in [0.05, 0.1) is 17.0 Å². The molecule has 136 valence electrons. The molecule has 0 saturated heterocycles. The van der Waals surface area contributed by atoms with Gasteiger partial charge in [0.1, 0.15) is 18.9 Å². The second-order valence-corrected chi connectivity index (χ2v) is 5.78. The monoisotopic (exact) mass is 363 g/mol. The highest BCUT2D eigenvalue weighted by Crippen LogP contribution is 2.13. The molecular formula is C20H17N3O4. The third-order valence-electron chi connectivity index (χ3n) is 3.90. The van der Waals surface area contributed by atoms with Gasteiger partial charge in [0.15, 0.2) is 11.9 Å². The molecule has 1 heterocycles. The lowest BCUT2D eigenvalue weighted by molar-refractivity contribution is -0.152. The minimum Gasteiger partial charge on any atom is -0.479 e. The average Bonchev–Trinajstić information content (AvgIpc) is 2.69. The van der Waals surface area contributed by atoms with E-state index < -0.39 is 12.1 Å². The summed E-state index contributed by atoms with van der Waals surface area (Å²) in [6, 6.07) is 17.7. The second kappa shape index (κ2) is 8.15. The van der Waals surface area contributed by atoms with Crippen molar-refractivity contribution in [1.29, 1.82) is 5.26 Å². The van der Waals surface area contributed by atoms with E-state index in [0.717, 1.165) is 0 Å². The minimum atomic E-state index is -0.830. The summed E-state index contributed by atoms with van der Waals surface area (Å²) in [5.74, 6) is 0.164. The zero-order valence-corrected chi connectivity index (χ0v) is 14.7. The highest BCUT2D eigenvalue weighted by molar-refractivity contribution is 5.77. The lowest BCUT2D eigenvalue weighted by Crippen LogP contribution is -2.29. The SMILES string of the molecule is C[C@H](Oc1ccccc1)C(=O)OCc1nc2ccccc2c(=O)n1CC#N. The van der Waals surface area contributed by atoms with Gasteiger partial charge in [-0.25, -0.2) is 9.78 Å². The molecule has 3 aromatic rings. The van der Waals surface area contributed by atoms with Crippen LogP contribution >= 0.6 is 0 Å². The quantitative estimate of drug-likeness (QED) is 0.624. The molecule has 0 aliphatic carbocycles. The Morgan fingerprint density at radius 3 is 2.63 bits per heavy atom. The summed E-state index contributed by atoms with van der Waals surface area (Å²) in [7, 11) is 0. The summed E-state index contributed by atoms with van der Waals surface area (Å²) in [5, 5.41) is 9.41. The number of hydrogen-bond donors (Lipinski definition) is 0. The van der Waals surface area contributed by atoms with Crippen LogP contribution in [0.15, 0.2) is 59.4 Å². The summed E-state index contributed by atoms with van der Waals surface area (Å²) >= 11 is 0. The van der Waals surface area contributed by atoms with E-state index in [1.165, 1.54) is 4.57 Å². The minimum absolute atomic E-state index is 0.181. The van der Waals surface area contributed by atoms with E-state index in [-0.39, 0.29) is 24.5 Å². The molecule has 0 unspecified atom stereocenters. The molecule has 0 N–H and O–H groups in total. The van der Waals surface area contributed by atoms with Crippen LogP contribution in [0.1, 0.15) is 12.7 Å². The van der Waals surface area contributed by atoms with Crippen molar-refractivity contribution in [2.75, 3.05) is 0 Å². The van der Waals surface area contributed by atoms with Crippen LogP contribution in [0.2, 0.25) is 0 Å². The van der Waals surface area contributed by atoms with Crippen molar-refractivity contribution in [2.45, 2.75) is 26.2 Å². The van der Waals surface area contributed by atoms with Gasteiger partial charge in [0.25, 0.3) is 5.56 Å². The van der Waals surface area contributed by atoms with Crippen molar-refractivity contribution in [2.24, 2.45) is 0 Å². The van der Waals surface area contributed by atoms with E-state index in [1.54, 1.807) is 55.5 Å². The number of para-hydroxylation sites is 2. The van der Waals surface area contributed by atoms with Gasteiger partial charge in [-0.3, -0.25) is 9.36 Å². The van der Waals surface area contributed by atoms with Crippen LogP contribution in [0.5, 0.6) is 5.75 Å². The molecule has 0 bridgehead atoms. The molecule has 27 heavy (non-hydrogen) atoms. The van der Waals surface area contributed by atoms with E-state index in [0.29, 0.717) is 16.7 Å².